The summed E-state index contributed by atoms with van der Waals surface area (Å²) in [6, 6.07) is 3.35. The number of Topliss-reactive ketones (excluding diaryl/α,β-unsaturated/α-hetero) is 1. The summed E-state index contributed by atoms with van der Waals surface area (Å²) < 4.78 is 0.757. The number of hydrogen-bond donors (Lipinski definition) is 0. The first-order valence-corrected chi connectivity index (χ1v) is 4.62. The highest BCUT2D eigenvalue weighted by molar-refractivity contribution is 9.10. The smallest absolute Gasteiger partial charge is 0.159 e. The van der Waals surface area contributed by atoms with Gasteiger partial charge in [-0.2, -0.15) is 0 Å². The predicted octanol–water partition coefficient (Wildman–Crippen LogP) is 2.77. The van der Waals surface area contributed by atoms with Gasteiger partial charge in [0.1, 0.15) is 0 Å². The maximum atomic E-state index is 11.0. The normalized spacial score (nSPS) is 9.77. The van der Waals surface area contributed by atoms with Gasteiger partial charge >= 0.3 is 0 Å². The van der Waals surface area contributed by atoms with Gasteiger partial charge in [0.05, 0.1) is 0 Å². The van der Waals surface area contributed by atoms with E-state index in [1.807, 2.05) is 6.92 Å². The minimum atomic E-state index is -0.0290. The third-order valence-corrected chi connectivity index (χ3v) is 2.90. The average Bonchev–Trinajstić information content (AvgIpc) is 2.09. The van der Waals surface area contributed by atoms with Crippen LogP contribution in [0.1, 0.15) is 33.2 Å². The Labute approximate surface area is 85.1 Å². The summed E-state index contributed by atoms with van der Waals surface area (Å²) in [4.78, 5) is 21.7. The summed E-state index contributed by atoms with van der Waals surface area (Å²) in [7, 11) is 0. The summed E-state index contributed by atoms with van der Waals surface area (Å²) >= 11 is 3.28. The molecule has 2 nitrogen and oxygen atoms in total. The molecule has 1 rings (SSSR count). The molecular weight excluding hydrogens is 232 g/mol. The van der Waals surface area contributed by atoms with Gasteiger partial charge in [0, 0.05) is 15.6 Å². The molecule has 3 heteroatoms. The molecule has 0 N–H and O–H groups in total. The highest BCUT2D eigenvalue weighted by Crippen LogP contribution is 2.22. The zero-order chi connectivity index (χ0) is 10.0. The van der Waals surface area contributed by atoms with Crippen molar-refractivity contribution >= 4 is 28.0 Å². The lowest BCUT2D eigenvalue weighted by molar-refractivity contribution is 0.101. The molecule has 0 spiro atoms. The Bertz CT molecular complexity index is 369. The maximum absolute atomic E-state index is 11.0. The van der Waals surface area contributed by atoms with E-state index in [0.29, 0.717) is 11.1 Å². The zero-order valence-corrected chi connectivity index (χ0v) is 9.01. The summed E-state index contributed by atoms with van der Waals surface area (Å²) in [6.07, 6.45) is 0.740. The van der Waals surface area contributed by atoms with Crippen molar-refractivity contribution in [3.05, 3.63) is 33.3 Å². The number of carbonyl (C=O) groups excluding carboxylic acids is 2. The topological polar surface area (TPSA) is 34.1 Å². The van der Waals surface area contributed by atoms with E-state index < -0.39 is 0 Å². The molecule has 68 valence electrons. The third kappa shape index (κ3) is 2.04. The molecule has 0 amide bonds. The van der Waals surface area contributed by atoms with E-state index >= 15 is 0 Å². The van der Waals surface area contributed by atoms with E-state index in [-0.39, 0.29) is 5.78 Å². The van der Waals surface area contributed by atoms with Crippen molar-refractivity contribution in [2.45, 2.75) is 13.8 Å². The first-order valence-electron chi connectivity index (χ1n) is 3.82. The number of rotatable bonds is 2. The Morgan fingerprint density at radius 3 is 2.54 bits per heavy atom. The van der Waals surface area contributed by atoms with Crippen molar-refractivity contribution in [2.24, 2.45) is 0 Å². The first kappa shape index (κ1) is 10.1. The second kappa shape index (κ2) is 3.83. The van der Waals surface area contributed by atoms with Crippen molar-refractivity contribution in [2.75, 3.05) is 0 Å². The zero-order valence-electron chi connectivity index (χ0n) is 7.43. The largest absolute Gasteiger partial charge is 0.298 e. The Balaban J connectivity index is 3.38. The van der Waals surface area contributed by atoms with Crippen LogP contribution in [0.2, 0.25) is 0 Å². The quantitative estimate of drug-likeness (QED) is 0.589. The maximum Gasteiger partial charge on any atom is 0.159 e. The molecule has 0 aliphatic rings. The Hall–Kier alpha value is -0.960. The van der Waals surface area contributed by atoms with Gasteiger partial charge in [0.25, 0.3) is 0 Å². The van der Waals surface area contributed by atoms with Crippen molar-refractivity contribution in [1.29, 1.82) is 0 Å². The van der Waals surface area contributed by atoms with Crippen LogP contribution in [0.15, 0.2) is 16.6 Å². The van der Waals surface area contributed by atoms with Gasteiger partial charge < -0.3 is 0 Å². The van der Waals surface area contributed by atoms with E-state index in [9.17, 15) is 9.59 Å². The van der Waals surface area contributed by atoms with Crippen LogP contribution >= 0.6 is 15.9 Å². The number of ketones is 1. The average molecular weight is 241 g/mol. The second-order valence-corrected chi connectivity index (χ2v) is 3.66. The van der Waals surface area contributed by atoms with Crippen LogP contribution in [0.3, 0.4) is 0 Å². The van der Waals surface area contributed by atoms with Gasteiger partial charge in [-0.15, -0.1) is 0 Å². The molecule has 0 saturated heterocycles. The molecule has 0 saturated carbocycles. The number of aldehydes is 1. The van der Waals surface area contributed by atoms with Crippen LogP contribution in [0.5, 0.6) is 0 Å². The van der Waals surface area contributed by atoms with Gasteiger partial charge in [-0.1, -0.05) is 0 Å². The fraction of sp³-hybridized carbons (Fsp3) is 0.200. The molecule has 1 aromatic carbocycles. The van der Waals surface area contributed by atoms with Crippen molar-refractivity contribution < 1.29 is 9.59 Å². The second-order valence-electron chi connectivity index (χ2n) is 2.87. The number of halogens is 1. The highest BCUT2D eigenvalue weighted by Gasteiger charge is 2.07. The molecule has 0 heterocycles. The summed E-state index contributed by atoms with van der Waals surface area (Å²) in [6.45, 7) is 3.33. The fourth-order valence-electron chi connectivity index (χ4n) is 1.09. The summed E-state index contributed by atoms with van der Waals surface area (Å²) in [5.41, 5.74) is 1.99. The van der Waals surface area contributed by atoms with Crippen molar-refractivity contribution in [3.8, 4) is 0 Å². The predicted molar refractivity (Wildman–Crippen MR) is 54.3 cm³/mol. The van der Waals surface area contributed by atoms with E-state index in [4.69, 9.17) is 0 Å². The van der Waals surface area contributed by atoms with Crippen LogP contribution in [-0.2, 0) is 0 Å². The highest BCUT2D eigenvalue weighted by atomic mass is 79.9. The number of carbonyl (C=O) groups is 2. The van der Waals surface area contributed by atoms with E-state index in [1.54, 1.807) is 12.1 Å². The molecule has 0 fully saturated rings. The molecule has 0 radical (unpaired) electrons. The Morgan fingerprint density at radius 1 is 1.46 bits per heavy atom. The van der Waals surface area contributed by atoms with Crippen LogP contribution in [0, 0.1) is 6.92 Å². The fourth-order valence-corrected chi connectivity index (χ4v) is 1.41. The number of benzene rings is 1. The standard InChI is InChI=1S/C10H9BrO2/c1-6-3-8(7(2)13)4-9(5-12)10(6)11/h3-5H,1-2H3. The summed E-state index contributed by atoms with van der Waals surface area (Å²) in [5.74, 6) is -0.0290. The van der Waals surface area contributed by atoms with E-state index in [2.05, 4.69) is 15.9 Å². The molecule has 0 atom stereocenters. The van der Waals surface area contributed by atoms with Gasteiger partial charge in [0.2, 0.25) is 0 Å². The van der Waals surface area contributed by atoms with E-state index in [0.717, 1.165) is 16.3 Å². The molecular formula is C10H9BrO2. The minimum Gasteiger partial charge on any atom is -0.298 e. The molecule has 1 aromatic rings. The molecule has 0 aliphatic heterocycles. The molecule has 0 unspecified atom stereocenters. The monoisotopic (exact) mass is 240 g/mol. The van der Waals surface area contributed by atoms with Gasteiger partial charge in [-0.25, -0.2) is 0 Å². The lowest BCUT2D eigenvalue weighted by Gasteiger charge is -2.03. The number of hydrogen-bond acceptors (Lipinski definition) is 2. The molecule has 0 bridgehead atoms. The van der Waals surface area contributed by atoms with Gasteiger partial charge in [0.15, 0.2) is 12.1 Å². The van der Waals surface area contributed by atoms with E-state index in [1.165, 1.54) is 6.92 Å². The summed E-state index contributed by atoms with van der Waals surface area (Å²) in [5, 5.41) is 0. The van der Waals surface area contributed by atoms with Crippen LogP contribution in [0.25, 0.3) is 0 Å². The lowest BCUT2D eigenvalue weighted by Crippen LogP contribution is -1.96. The molecule has 0 aromatic heterocycles. The van der Waals surface area contributed by atoms with Gasteiger partial charge in [-0.05, 0) is 47.5 Å². The first-order chi connectivity index (χ1) is 6.06. The SMILES string of the molecule is CC(=O)c1cc(C)c(Br)c(C=O)c1. The van der Waals surface area contributed by atoms with Gasteiger partial charge in [-0.3, -0.25) is 9.59 Å². The van der Waals surface area contributed by atoms with Crippen LogP contribution in [0.4, 0.5) is 0 Å². The van der Waals surface area contributed by atoms with Crippen LogP contribution < -0.4 is 0 Å². The molecule has 0 aliphatic carbocycles. The number of aryl methyl sites for hydroxylation is 1. The lowest BCUT2D eigenvalue weighted by atomic mass is 10.0. The molecule has 13 heavy (non-hydrogen) atoms. The minimum absolute atomic E-state index is 0.0290. The Kier molecular flexibility index (Phi) is 2.98. The third-order valence-electron chi connectivity index (χ3n) is 1.82. The van der Waals surface area contributed by atoms with Crippen molar-refractivity contribution in [1.82, 2.24) is 0 Å². The van der Waals surface area contributed by atoms with Crippen molar-refractivity contribution in [3.63, 3.8) is 0 Å². The van der Waals surface area contributed by atoms with Crippen LogP contribution in [-0.4, -0.2) is 12.1 Å². The Morgan fingerprint density at radius 2 is 2.08 bits per heavy atom.